The molecule has 2 aromatic carbocycles. The van der Waals surface area contributed by atoms with Crippen LogP contribution in [0.5, 0.6) is 10.9 Å². The average Bonchev–Trinajstić information content (AvgIpc) is 2.76. The minimum atomic E-state index is 0.603. The van der Waals surface area contributed by atoms with Crippen molar-refractivity contribution in [1.29, 1.82) is 0 Å². The molecule has 0 aliphatic rings. The molecule has 3 aromatic rings. The van der Waals surface area contributed by atoms with Gasteiger partial charge in [0.25, 0.3) is 5.19 Å². The monoisotopic (exact) mass is 334 g/mol. The molecule has 0 aliphatic heterocycles. The van der Waals surface area contributed by atoms with Crippen LogP contribution in [0.25, 0.3) is 10.2 Å². The number of halogens is 1. The second-order valence-electron chi connectivity index (χ2n) is 4.19. The van der Waals surface area contributed by atoms with E-state index in [0.717, 1.165) is 20.3 Å². The van der Waals surface area contributed by atoms with E-state index in [4.69, 9.17) is 10.5 Å². The first-order valence-corrected chi connectivity index (χ1v) is 7.33. The average molecular weight is 335 g/mol. The second kappa shape index (κ2) is 4.83. The summed E-state index contributed by atoms with van der Waals surface area (Å²) in [4.78, 5) is 4.44. The third-order valence-electron chi connectivity index (χ3n) is 2.73. The molecule has 0 unspecified atom stereocenters. The highest BCUT2D eigenvalue weighted by atomic mass is 79.9. The van der Waals surface area contributed by atoms with E-state index >= 15 is 0 Å². The fraction of sp³-hybridized carbons (Fsp3) is 0.0714. The van der Waals surface area contributed by atoms with Gasteiger partial charge in [0.1, 0.15) is 0 Å². The van der Waals surface area contributed by atoms with Gasteiger partial charge in [-0.15, -0.1) is 0 Å². The van der Waals surface area contributed by atoms with E-state index in [2.05, 4.69) is 20.9 Å². The van der Waals surface area contributed by atoms with Crippen LogP contribution < -0.4 is 10.5 Å². The lowest BCUT2D eigenvalue weighted by Gasteiger charge is -2.09. The van der Waals surface area contributed by atoms with Crippen molar-refractivity contribution in [3.8, 4) is 10.9 Å². The molecule has 3 rings (SSSR count). The number of rotatable bonds is 2. The van der Waals surface area contributed by atoms with Gasteiger partial charge in [-0.3, -0.25) is 0 Å². The molecule has 1 aromatic heterocycles. The molecule has 96 valence electrons. The molecule has 0 aliphatic carbocycles. The summed E-state index contributed by atoms with van der Waals surface area (Å²) in [6, 6.07) is 11.7. The Morgan fingerprint density at radius 1 is 1.26 bits per heavy atom. The number of nitrogen functional groups attached to an aromatic ring is 1. The van der Waals surface area contributed by atoms with Crippen LogP contribution in [-0.4, -0.2) is 4.98 Å². The van der Waals surface area contributed by atoms with Crippen LogP contribution in [0.3, 0.4) is 0 Å². The molecule has 19 heavy (non-hydrogen) atoms. The normalized spacial score (nSPS) is 10.8. The van der Waals surface area contributed by atoms with Crippen molar-refractivity contribution >= 4 is 43.2 Å². The summed E-state index contributed by atoms with van der Waals surface area (Å²) in [5.41, 5.74) is 8.51. The SMILES string of the molecule is Cc1cc(Br)cc(N)c1Oc1nc2ccccc2s1. The summed E-state index contributed by atoms with van der Waals surface area (Å²) in [5.74, 6) is 0.669. The number of thiazole rings is 1. The molecule has 3 nitrogen and oxygen atoms in total. The predicted molar refractivity (Wildman–Crippen MR) is 83.0 cm³/mol. The largest absolute Gasteiger partial charge is 0.428 e. The van der Waals surface area contributed by atoms with Crippen LogP contribution >= 0.6 is 27.3 Å². The van der Waals surface area contributed by atoms with E-state index in [0.29, 0.717) is 16.6 Å². The van der Waals surface area contributed by atoms with Crippen molar-refractivity contribution < 1.29 is 4.74 Å². The Morgan fingerprint density at radius 3 is 2.79 bits per heavy atom. The van der Waals surface area contributed by atoms with Gasteiger partial charge in [-0.2, -0.15) is 0 Å². The third kappa shape index (κ3) is 2.43. The first kappa shape index (κ1) is 12.4. The lowest BCUT2D eigenvalue weighted by molar-refractivity contribution is 0.479. The molecule has 0 amide bonds. The van der Waals surface area contributed by atoms with Gasteiger partial charge in [0.2, 0.25) is 0 Å². The molecular formula is C14H11BrN2OS. The Hall–Kier alpha value is -1.59. The highest BCUT2D eigenvalue weighted by molar-refractivity contribution is 9.10. The number of aromatic nitrogens is 1. The number of nitrogens with zero attached hydrogens (tertiary/aromatic N) is 1. The van der Waals surface area contributed by atoms with E-state index in [1.165, 1.54) is 11.3 Å². The Kier molecular flexibility index (Phi) is 3.16. The number of hydrogen-bond donors (Lipinski definition) is 1. The highest BCUT2D eigenvalue weighted by Gasteiger charge is 2.11. The van der Waals surface area contributed by atoms with Crippen molar-refractivity contribution in [2.24, 2.45) is 0 Å². The summed E-state index contributed by atoms with van der Waals surface area (Å²) < 4.78 is 7.89. The molecule has 5 heteroatoms. The lowest BCUT2D eigenvalue weighted by atomic mass is 10.2. The molecule has 0 saturated heterocycles. The maximum Gasteiger partial charge on any atom is 0.279 e. The zero-order valence-electron chi connectivity index (χ0n) is 10.2. The van der Waals surface area contributed by atoms with Gasteiger partial charge >= 0.3 is 0 Å². The number of nitrogens with two attached hydrogens (primary N) is 1. The van der Waals surface area contributed by atoms with Crippen LogP contribution in [0.4, 0.5) is 5.69 Å². The molecule has 1 heterocycles. The predicted octanol–water partition coefficient (Wildman–Crippen LogP) is 4.74. The number of para-hydroxylation sites is 1. The maximum absolute atomic E-state index is 5.99. The smallest absolute Gasteiger partial charge is 0.279 e. The quantitative estimate of drug-likeness (QED) is 0.688. The minimum absolute atomic E-state index is 0.603. The third-order valence-corrected chi connectivity index (χ3v) is 4.10. The standard InChI is InChI=1S/C14H11BrN2OS/c1-8-6-9(15)7-10(16)13(8)18-14-17-11-4-2-3-5-12(11)19-14/h2-7H,16H2,1H3. The number of benzene rings is 2. The molecule has 2 N–H and O–H groups in total. The number of hydrogen-bond acceptors (Lipinski definition) is 4. The Balaban J connectivity index is 2.01. The van der Waals surface area contributed by atoms with E-state index in [-0.39, 0.29) is 0 Å². The maximum atomic E-state index is 5.99. The molecule has 0 bridgehead atoms. The summed E-state index contributed by atoms with van der Waals surface area (Å²) in [6.45, 7) is 1.96. The van der Waals surface area contributed by atoms with Crippen molar-refractivity contribution in [2.45, 2.75) is 6.92 Å². The molecule has 0 atom stereocenters. The fourth-order valence-corrected chi connectivity index (χ4v) is 3.29. The van der Waals surface area contributed by atoms with Gasteiger partial charge in [-0.1, -0.05) is 39.4 Å². The molecule has 0 spiro atoms. The molecular weight excluding hydrogens is 324 g/mol. The van der Waals surface area contributed by atoms with Crippen molar-refractivity contribution in [3.63, 3.8) is 0 Å². The van der Waals surface area contributed by atoms with Gasteiger partial charge < -0.3 is 10.5 Å². The number of anilines is 1. The van der Waals surface area contributed by atoms with Crippen molar-refractivity contribution in [2.75, 3.05) is 5.73 Å². The molecule has 0 saturated carbocycles. The first-order valence-electron chi connectivity index (χ1n) is 5.72. The molecule has 0 radical (unpaired) electrons. The van der Waals surface area contributed by atoms with E-state index < -0.39 is 0 Å². The van der Waals surface area contributed by atoms with Gasteiger partial charge in [0.15, 0.2) is 5.75 Å². The number of fused-ring (bicyclic) bond motifs is 1. The summed E-state index contributed by atoms with van der Waals surface area (Å²) in [5, 5.41) is 0.610. The fourth-order valence-electron chi connectivity index (χ4n) is 1.88. The minimum Gasteiger partial charge on any atom is -0.428 e. The Labute approximate surface area is 123 Å². The van der Waals surface area contributed by atoms with E-state index in [9.17, 15) is 0 Å². The Bertz CT molecular complexity index is 698. The van der Waals surface area contributed by atoms with Gasteiger partial charge in [-0.05, 0) is 36.8 Å². The number of aryl methyl sites for hydroxylation is 1. The van der Waals surface area contributed by atoms with Gasteiger partial charge in [-0.25, -0.2) is 4.98 Å². The first-order chi connectivity index (χ1) is 9.13. The van der Waals surface area contributed by atoms with Gasteiger partial charge in [0, 0.05) is 4.47 Å². The molecule has 0 fully saturated rings. The topological polar surface area (TPSA) is 48.1 Å². The summed E-state index contributed by atoms with van der Waals surface area (Å²) >= 11 is 4.93. The lowest BCUT2D eigenvalue weighted by Crippen LogP contribution is -1.94. The van der Waals surface area contributed by atoms with E-state index in [1.807, 2.05) is 43.3 Å². The second-order valence-corrected chi connectivity index (χ2v) is 6.10. The van der Waals surface area contributed by atoms with E-state index in [1.54, 1.807) is 0 Å². The van der Waals surface area contributed by atoms with Crippen molar-refractivity contribution in [3.05, 3.63) is 46.4 Å². The highest BCUT2D eigenvalue weighted by Crippen LogP contribution is 2.36. The van der Waals surface area contributed by atoms with Crippen LogP contribution in [0.2, 0.25) is 0 Å². The number of ether oxygens (including phenoxy) is 1. The summed E-state index contributed by atoms with van der Waals surface area (Å²) in [6.07, 6.45) is 0. The van der Waals surface area contributed by atoms with Crippen LogP contribution in [0.1, 0.15) is 5.56 Å². The van der Waals surface area contributed by atoms with Crippen LogP contribution in [0, 0.1) is 6.92 Å². The van der Waals surface area contributed by atoms with Crippen molar-refractivity contribution in [1.82, 2.24) is 4.98 Å². The zero-order valence-corrected chi connectivity index (χ0v) is 12.6. The van der Waals surface area contributed by atoms with Crippen LogP contribution in [-0.2, 0) is 0 Å². The Morgan fingerprint density at radius 2 is 2.05 bits per heavy atom. The van der Waals surface area contributed by atoms with Crippen LogP contribution in [0.15, 0.2) is 40.9 Å². The van der Waals surface area contributed by atoms with Gasteiger partial charge in [0.05, 0.1) is 15.9 Å². The zero-order chi connectivity index (χ0) is 13.4. The summed E-state index contributed by atoms with van der Waals surface area (Å²) in [7, 11) is 0.